The Balaban J connectivity index is 1.23. The second-order valence-corrected chi connectivity index (χ2v) is 7.72. The number of ether oxygens (including phenoxy) is 2. The van der Waals surface area contributed by atoms with Crippen molar-refractivity contribution in [2.45, 2.75) is 63.2 Å². The molecule has 0 amide bonds. The van der Waals surface area contributed by atoms with E-state index in [1.165, 1.54) is 51.6 Å². The lowest BCUT2D eigenvalue weighted by Crippen LogP contribution is -2.52. The van der Waals surface area contributed by atoms with E-state index in [1.54, 1.807) is 6.20 Å². The number of piperidine rings is 1. The Morgan fingerprint density at radius 1 is 1.25 bits per heavy atom. The molecule has 1 aliphatic carbocycles. The molecule has 3 fully saturated rings. The van der Waals surface area contributed by atoms with Gasteiger partial charge < -0.3 is 14.4 Å². The van der Waals surface area contributed by atoms with Crippen LogP contribution in [0.25, 0.3) is 0 Å². The Kier molecular flexibility index (Phi) is 5.16. The molecule has 0 radical (unpaired) electrons. The van der Waals surface area contributed by atoms with Crippen molar-refractivity contribution >= 4 is 0 Å². The van der Waals surface area contributed by atoms with Crippen LogP contribution in [0.4, 0.5) is 0 Å². The first kappa shape index (κ1) is 16.5. The number of aromatic nitrogens is 1. The summed E-state index contributed by atoms with van der Waals surface area (Å²) >= 11 is 0. The van der Waals surface area contributed by atoms with Crippen LogP contribution in [0.5, 0.6) is 0 Å². The molecular weight excluding hydrogens is 300 g/mol. The van der Waals surface area contributed by atoms with E-state index >= 15 is 0 Å². The summed E-state index contributed by atoms with van der Waals surface area (Å²) < 4.78 is 12.2. The van der Waals surface area contributed by atoms with Gasteiger partial charge in [-0.3, -0.25) is 4.98 Å². The summed E-state index contributed by atoms with van der Waals surface area (Å²) in [6.07, 6.45) is 12.7. The summed E-state index contributed by atoms with van der Waals surface area (Å²) in [6, 6.07) is 4.92. The van der Waals surface area contributed by atoms with Crippen LogP contribution in [0.1, 0.15) is 50.5 Å². The zero-order valence-electron chi connectivity index (χ0n) is 14.7. The Morgan fingerprint density at radius 3 is 2.83 bits per heavy atom. The zero-order valence-corrected chi connectivity index (χ0v) is 14.7. The second kappa shape index (κ2) is 7.51. The van der Waals surface area contributed by atoms with Gasteiger partial charge in [0.1, 0.15) is 0 Å². The van der Waals surface area contributed by atoms with Gasteiger partial charge in [-0.25, -0.2) is 0 Å². The third-order valence-electron chi connectivity index (χ3n) is 6.44. The van der Waals surface area contributed by atoms with E-state index < -0.39 is 0 Å². The monoisotopic (exact) mass is 330 g/mol. The van der Waals surface area contributed by atoms with Gasteiger partial charge in [-0.05, 0) is 56.1 Å². The van der Waals surface area contributed by atoms with E-state index in [1.807, 2.05) is 12.3 Å². The SMILES string of the molecule is c1cncc(COCCC2CCOC23CCN(C2CCC2)CC3)c1. The van der Waals surface area contributed by atoms with Crippen LogP contribution in [0.3, 0.4) is 0 Å². The lowest BCUT2D eigenvalue weighted by atomic mass is 9.77. The van der Waals surface area contributed by atoms with E-state index in [4.69, 9.17) is 9.47 Å². The predicted octanol–water partition coefficient (Wildman–Crippen LogP) is 3.41. The fourth-order valence-corrected chi connectivity index (χ4v) is 4.66. The maximum absolute atomic E-state index is 6.30. The van der Waals surface area contributed by atoms with E-state index in [0.29, 0.717) is 12.5 Å². The molecule has 1 saturated carbocycles. The maximum Gasteiger partial charge on any atom is 0.0736 e. The maximum atomic E-state index is 6.30. The van der Waals surface area contributed by atoms with Gasteiger partial charge >= 0.3 is 0 Å². The van der Waals surface area contributed by atoms with E-state index in [2.05, 4.69) is 16.0 Å². The summed E-state index contributed by atoms with van der Waals surface area (Å²) in [4.78, 5) is 6.85. The first-order chi connectivity index (χ1) is 11.9. The second-order valence-electron chi connectivity index (χ2n) is 7.72. The molecular formula is C20H30N2O2. The van der Waals surface area contributed by atoms with Crippen molar-refractivity contribution in [1.82, 2.24) is 9.88 Å². The molecule has 1 spiro atoms. The van der Waals surface area contributed by atoms with Gasteiger partial charge in [0.25, 0.3) is 0 Å². The van der Waals surface area contributed by atoms with E-state index in [-0.39, 0.29) is 5.60 Å². The molecule has 0 aromatic carbocycles. The molecule has 3 heterocycles. The molecule has 3 aliphatic rings. The van der Waals surface area contributed by atoms with Crippen LogP contribution < -0.4 is 0 Å². The Hall–Kier alpha value is -0.970. The Morgan fingerprint density at radius 2 is 2.12 bits per heavy atom. The number of nitrogens with zero attached hydrogens (tertiary/aromatic N) is 2. The Bertz CT molecular complexity index is 510. The smallest absolute Gasteiger partial charge is 0.0736 e. The molecule has 1 atom stereocenters. The highest BCUT2D eigenvalue weighted by Gasteiger charge is 2.46. The number of likely N-dealkylation sites (tertiary alicyclic amines) is 1. The van der Waals surface area contributed by atoms with Crippen molar-refractivity contribution in [2.24, 2.45) is 5.92 Å². The van der Waals surface area contributed by atoms with Gasteiger partial charge in [0.15, 0.2) is 0 Å². The number of hydrogen-bond donors (Lipinski definition) is 0. The first-order valence-corrected chi connectivity index (χ1v) is 9.70. The minimum atomic E-state index is 0.151. The van der Waals surface area contributed by atoms with Crippen molar-refractivity contribution in [1.29, 1.82) is 0 Å². The standard InChI is InChI=1S/C20H30N2O2/c1-4-19(5-1)22-11-8-20(9-12-22)18(7-14-24-20)6-13-23-16-17-3-2-10-21-15-17/h2-3,10,15,18-19H,1,4-9,11-14,16H2. The number of hydrogen-bond acceptors (Lipinski definition) is 4. The third kappa shape index (κ3) is 3.51. The zero-order chi connectivity index (χ0) is 16.2. The summed E-state index contributed by atoms with van der Waals surface area (Å²) in [6.45, 7) is 4.91. The Labute approximate surface area is 145 Å². The normalized spacial score (nSPS) is 27.4. The predicted molar refractivity (Wildman–Crippen MR) is 93.7 cm³/mol. The van der Waals surface area contributed by atoms with Crippen molar-refractivity contribution < 1.29 is 9.47 Å². The fourth-order valence-electron chi connectivity index (χ4n) is 4.66. The third-order valence-corrected chi connectivity index (χ3v) is 6.44. The highest BCUT2D eigenvalue weighted by atomic mass is 16.5. The van der Waals surface area contributed by atoms with Gasteiger partial charge in [-0.2, -0.15) is 0 Å². The van der Waals surface area contributed by atoms with Gasteiger partial charge in [-0.15, -0.1) is 0 Å². The molecule has 24 heavy (non-hydrogen) atoms. The first-order valence-electron chi connectivity index (χ1n) is 9.70. The van der Waals surface area contributed by atoms with Gasteiger partial charge in [-0.1, -0.05) is 12.5 Å². The number of rotatable bonds is 6. The van der Waals surface area contributed by atoms with Crippen LogP contribution in [0.15, 0.2) is 24.5 Å². The highest BCUT2D eigenvalue weighted by molar-refractivity contribution is 5.06. The van der Waals surface area contributed by atoms with Crippen LogP contribution in [-0.2, 0) is 16.1 Å². The summed E-state index contributed by atoms with van der Waals surface area (Å²) in [5.74, 6) is 0.676. The van der Waals surface area contributed by atoms with Gasteiger partial charge in [0.2, 0.25) is 0 Å². The molecule has 0 bridgehead atoms. The average Bonchev–Trinajstić information content (AvgIpc) is 2.96. The minimum absolute atomic E-state index is 0.151. The van der Waals surface area contributed by atoms with Crippen LogP contribution >= 0.6 is 0 Å². The largest absolute Gasteiger partial charge is 0.377 e. The lowest BCUT2D eigenvalue weighted by molar-refractivity contribution is -0.0828. The molecule has 4 rings (SSSR count). The molecule has 4 nitrogen and oxygen atoms in total. The van der Waals surface area contributed by atoms with Gasteiger partial charge in [0, 0.05) is 44.7 Å². The van der Waals surface area contributed by atoms with Crippen LogP contribution in [0.2, 0.25) is 0 Å². The quantitative estimate of drug-likeness (QED) is 0.749. The minimum Gasteiger partial charge on any atom is -0.377 e. The van der Waals surface area contributed by atoms with Gasteiger partial charge in [0.05, 0.1) is 12.2 Å². The van der Waals surface area contributed by atoms with E-state index in [0.717, 1.165) is 31.2 Å². The molecule has 1 aromatic rings. The van der Waals surface area contributed by atoms with Crippen LogP contribution in [-0.4, -0.2) is 47.8 Å². The molecule has 0 N–H and O–H groups in total. The molecule has 2 aliphatic heterocycles. The molecule has 2 saturated heterocycles. The van der Waals surface area contributed by atoms with Crippen molar-refractivity contribution in [3.8, 4) is 0 Å². The molecule has 4 heteroatoms. The summed E-state index contributed by atoms with van der Waals surface area (Å²) in [7, 11) is 0. The highest BCUT2D eigenvalue weighted by Crippen LogP contribution is 2.43. The molecule has 132 valence electrons. The number of pyridine rings is 1. The average molecular weight is 330 g/mol. The van der Waals surface area contributed by atoms with Crippen LogP contribution in [0, 0.1) is 5.92 Å². The summed E-state index contributed by atoms with van der Waals surface area (Å²) in [5.41, 5.74) is 1.31. The molecule has 1 aromatic heterocycles. The lowest BCUT2D eigenvalue weighted by Gasteiger charge is -2.47. The van der Waals surface area contributed by atoms with Crippen molar-refractivity contribution in [3.05, 3.63) is 30.1 Å². The van der Waals surface area contributed by atoms with Crippen molar-refractivity contribution in [3.63, 3.8) is 0 Å². The molecule has 1 unspecified atom stereocenters. The van der Waals surface area contributed by atoms with E-state index in [9.17, 15) is 0 Å². The van der Waals surface area contributed by atoms with Crippen molar-refractivity contribution in [2.75, 3.05) is 26.3 Å². The summed E-state index contributed by atoms with van der Waals surface area (Å²) in [5, 5.41) is 0. The topological polar surface area (TPSA) is 34.6 Å². The fraction of sp³-hybridized carbons (Fsp3) is 0.750.